The first-order valence-electron chi connectivity index (χ1n) is 4.91. The van der Waals surface area contributed by atoms with Crippen molar-refractivity contribution < 1.29 is 8.78 Å². The second-order valence-corrected chi connectivity index (χ2v) is 4.56. The van der Waals surface area contributed by atoms with E-state index in [1.165, 1.54) is 24.4 Å². The van der Waals surface area contributed by atoms with Crippen molar-refractivity contribution in [2.24, 2.45) is 0 Å². The highest BCUT2D eigenvalue weighted by molar-refractivity contribution is 9.10. The summed E-state index contributed by atoms with van der Waals surface area (Å²) in [6, 6.07) is 5.58. The summed E-state index contributed by atoms with van der Waals surface area (Å²) in [4.78, 5) is 7.51. The Morgan fingerprint density at radius 2 is 2.06 bits per heavy atom. The maximum atomic E-state index is 13.9. The standard InChI is InChI=1S/C11H7BrClF2N3/c12-7-5-16-11(13)18-10(7)17-9(15)6-3-1-2-4-8(6)14/h1-5,9H,(H,16,17,18). The van der Waals surface area contributed by atoms with E-state index >= 15 is 0 Å². The van der Waals surface area contributed by atoms with Crippen LogP contribution in [-0.2, 0) is 0 Å². The minimum Gasteiger partial charge on any atom is -0.336 e. The van der Waals surface area contributed by atoms with Crippen LogP contribution >= 0.6 is 27.5 Å². The van der Waals surface area contributed by atoms with Gasteiger partial charge >= 0.3 is 0 Å². The zero-order valence-corrected chi connectivity index (χ0v) is 11.2. The molecule has 1 heterocycles. The molecular formula is C11H7BrClF2N3. The van der Waals surface area contributed by atoms with Gasteiger partial charge in [-0.15, -0.1) is 0 Å². The number of anilines is 1. The molecule has 1 aromatic heterocycles. The first kappa shape index (κ1) is 13.2. The number of hydrogen-bond acceptors (Lipinski definition) is 3. The van der Waals surface area contributed by atoms with Gasteiger partial charge in [0.25, 0.3) is 0 Å². The number of nitrogens with one attached hydrogen (secondary N) is 1. The summed E-state index contributed by atoms with van der Waals surface area (Å²) < 4.78 is 27.7. The summed E-state index contributed by atoms with van der Waals surface area (Å²) in [5, 5.41) is 2.39. The molecule has 7 heteroatoms. The van der Waals surface area contributed by atoms with E-state index in [2.05, 4.69) is 31.2 Å². The number of aromatic nitrogens is 2. The van der Waals surface area contributed by atoms with Gasteiger partial charge in [-0.05, 0) is 33.6 Å². The van der Waals surface area contributed by atoms with E-state index in [4.69, 9.17) is 11.6 Å². The van der Waals surface area contributed by atoms with Crippen LogP contribution in [0.15, 0.2) is 34.9 Å². The van der Waals surface area contributed by atoms with Crippen LogP contribution in [0, 0.1) is 5.82 Å². The van der Waals surface area contributed by atoms with Gasteiger partial charge in [-0.1, -0.05) is 18.2 Å². The van der Waals surface area contributed by atoms with E-state index < -0.39 is 12.1 Å². The van der Waals surface area contributed by atoms with Crippen LogP contribution in [0.5, 0.6) is 0 Å². The number of benzene rings is 1. The molecule has 1 unspecified atom stereocenters. The average Bonchev–Trinajstić information content (AvgIpc) is 2.34. The van der Waals surface area contributed by atoms with Gasteiger partial charge in [0.1, 0.15) is 11.6 Å². The molecule has 0 spiro atoms. The molecule has 18 heavy (non-hydrogen) atoms. The third kappa shape index (κ3) is 2.94. The molecule has 2 aromatic rings. The van der Waals surface area contributed by atoms with Crippen LogP contribution in [-0.4, -0.2) is 9.97 Å². The number of halogens is 4. The highest BCUT2D eigenvalue weighted by atomic mass is 79.9. The van der Waals surface area contributed by atoms with Gasteiger partial charge in [0, 0.05) is 11.8 Å². The van der Waals surface area contributed by atoms with Gasteiger partial charge in [-0.25, -0.2) is 13.8 Å². The topological polar surface area (TPSA) is 37.8 Å². The van der Waals surface area contributed by atoms with Crippen molar-refractivity contribution in [1.29, 1.82) is 0 Å². The van der Waals surface area contributed by atoms with Crippen molar-refractivity contribution >= 4 is 33.3 Å². The molecule has 0 aliphatic carbocycles. The van der Waals surface area contributed by atoms with Crippen LogP contribution in [0.3, 0.4) is 0 Å². The minimum absolute atomic E-state index is 0.0265. The molecule has 0 saturated carbocycles. The zero-order chi connectivity index (χ0) is 13.1. The van der Waals surface area contributed by atoms with Crippen molar-refractivity contribution in [1.82, 2.24) is 9.97 Å². The van der Waals surface area contributed by atoms with E-state index in [1.807, 2.05) is 0 Å². The SMILES string of the molecule is Fc1ccccc1C(F)Nc1nc(Cl)ncc1Br. The third-order valence-electron chi connectivity index (χ3n) is 2.16. The van der Waals surface area contributed by atoms with Crippen molar-refractivity contribution in [3.05, 3.63) is 51.6 Å². The van der Waals surface area contributed by atoms with E-state index in [0.717, 1.165) is 0 Å². The second kappa shape index (κ2) is 5.58. The van der Waals surface area contributed by atoms with Gasteiger partial charge in [-0.2, -0.15) is 4.98 Å². The molecule has 0 amide bonds. The number of nitrogens with zero attached hydrogens (tertiary/aromatic N) is 2. The lowest BCUT2D eigenvalue weighted by atomic mass is 10.2. The Hall–Kier alpha value is -1.27. The number of alkyl halides is 1. The lowest BCUT2D eigenvalue weighted by Gasteiger charge is -2.13. The minimum atomic E-state index is -1.73. The van der Waals surface area contributed by atoms with Crippen LogP contribution < -0.4 is 5.32 Å². The van der Waals surface area contributed by atoms with Crippen molar-refractivity contribution in [3.8, 4) is 0 Å². The Morgan fingerprint density at radius 1 is 1.33 bits per heavy atom. The lowest BCUT2D eigenvalue weighted by molar-refractivity contribution is 0.371. The first-order chi connectivity index (χ1) is 8.58. The molecule has 0 radical (unpaired) electrons. The molecule has 3 nitrogen and oxygen atoms in total. The van der Waals surface area contributed by atoms with Crippen LogP contribution in [0.25, 0.3) is 0 Å². The zero-order valence-electron chi connectivity index (χ0n) is 8.87. The summed E-state index contributed by atoms with van der Waals surface area (Å²) in [6.45, 7) is 0. The fourth-order valence-corrected chi connectivity index (χ4v) is 1.76. The Balaban J connectivity index is 2.24. The lowest BCUT2D eigenvalue weighted by Crippen LogP contribution is -2.09. The maximum Gasteiger partial charge on any atom is 0.224 e. The molecule has 2 rings (SSSR count). The quantitative estimate of drug-likeness (QED) is 0.678. The van der Waals surface area contributed by atoms with Crippen LogP contribution in [0.1, 0.15) is 11.9 Å². The summed E-state index contributed by atoms with van der Waals surface area (Å²) in [6.07, 6.45) is -0.348. The van der Waals surface area contributed by atoms with Crippen LogP contribution in [0.2, 0.25) is 5.28 Å². The fraction of sp³-hybridized carbons (Fsp3) is 0.0909. The van der Waals surface area contributed by atoms with Gasteiger partial charge in [0.2, 0.25) is 5.28 Å². The molecule has 1 atom stereocenters. The number of hydrogen-bond donors (Lipinski definition) is 1. The Morgan fingerprint density at radius 3 is 2.78 bits per heavy atom. The molecular weight excluding hydrogens is 327 g/mol. The van der Waals surface area contributed by atoms with E-state index in [0.29, 0.717) is 4.47 Å². The first-order valence-corrected chi connectivity index (χ1v) is 6.08. The molecule has 0 fully saturated rings. The van der Waals surface area contributed by atoms with Crippen molar-refractivity contribution in [3.63, 3.8) is 0 Å². The second-order valence-electron chi connectivity index (χ2n) is 3.36. The molecule has 1 aromatic carbocycles. The third-order valence-corrected chi connectivity index (χ3v) is 2.92. The summed E-state index contributed by atoms with van der Waals surface area (Å²) in [5.74, 6) is -0.473. The van der Waals surface area contributed by atoms with Gasteiger partial charge in [0.05, 0.1) is 4.47 Å². The summed E-state index contributed by atoms with van der Waals surface area (Å²) in [5.41, 5.74) is -0.0980. The predicted molar refractivity (Wildman–Crippen MR) is 68.6 cm³/mol. The molecule has 94 valence electrons. The van der Waals surface area contributed by atoms with E-state index in [9.17, 15) is 8.78 Å². The monoisotopic (exact) mass is 333 g/mol. The molecule has 1 N–H and O–H groups in total. The largest absolute Gasteiger partial charge is 0.336 e. The Bertz CT molecular complexity index is 568. The van der Waals surface area contributed by atoms with Crippen molar-refractivity contribution in [2.45, 2.75) is 6.30 Å². The maximum absolute atomic E-state index is 13.9. The summed E-state index contributed by atoms with van der Waals surface area (Å²) >= 11 is 8.74. The van der Waals surface area contributed by atoms with E-state index in [1.54, 1.807) is 6.07 Å². The fourth-order valence-electron chi connectivity index (χ4n) is 1.33. The highest BCUT2D eigenvalue weighted by Gasteiger charge is 2.16. The number of rotatable bonds is 3. The van der Waals surface area contributed by atoms with Gasteiger partial charge < -0.3 is 5.32 Å². The molecule has 0 aliphatic rings. The van der Waals surface area contributed by atoms with E-state index in [-0.39, 0.29) is 16.7 Å². The smallest absolute Gasteiger partial charge is 0.224 e. The average molecular weight is 335 g/mol. The summed E-state index contributed by atoms with van der Waals surface area (Å²) in [7, 11) is 0. The Labute approximate surface area is 115 Å². The van der Waals surface area contributed by atoms with Gasteiger partial charge in [-0.3, -0.25) is 0 Å². The Kier molecular flexibility index (Phi) is 4.08. The normalized spacial score (nSPS) is 12.2. The molecule has 0 aliphatic heterocycles. The van der Waals surface area contributed by atoms with Crippen LogP contribution in [0.4, 0.5) is 14.6 Å². The predicted octanol–water partition coefficient (Wildman–Crippen LogP) is 4.11. The molecule has 0 bridgehead atoms. The van der Waals surface area contributed by atoms with Crippen molar-refractivity contribution in [2.75, 3.05) is 5.32 Å². The highest BCUT2D eigenvalue weighted by Crippen LogP contribution is 2.27. The van der Waals surface area contributed by atoms with Gasteiger partial charge in [0.15, 0.2) is 6.30 Å². The molecule has 0 saturated heterocycles.